The van der Waals surface area contributed by atoms with Crippen LogP contribution in [-0.2, 0) is 0 Å². The molecule has 1 aromatic heterocycles. The van der Waals surface area contributed by atoms with Gasteiger partial charge in [0, 0.05) is 6.54 Å². The largest absolute Gasteiger partial charge is 0.350 e. The van der Waals surface area contributed by atoms with E-state index >= 15 is 0 Å². The second kappa shape index (κ2) is 8.80. The van der Waals surface area contributed by atoms with Crippen LogP contribution in [0.3, 0.4) is 0 Å². The quantitative estimate of drug-likeness (QED) is 0.659. The minimum Gasteiger partial charge on any atom is -0.350 e. The summed E-state index contributed by atoms with van der Waals surface area (Å²) in [6.07, 6.45) is 0. The number of hydrogen-bond acceptors (Lipinski definition) is 3. The van der Waals surface area contributed by atoms with Crippen LogP contribution in [0.5, 0.6) is 0 Å². The SMILES string of the molecule is CCN(CC)C(CNC(=O)c1cc2ccc(F)cc2[nH]c1=O)c1ccccc1. The number of carbonyl (C=O) groups excluding carboxylic acids is 1. The van der Waals surface area contributed by atoms with Crippen LogP contribution in [0, 0.1) is 5.82 Å². The Morgan fingerprint density at radius 3 is 2.50 bits per heavy atom. The van der Waals surface area contributed by atoms with Crippen LogP contribution < -0.4 is 10.9 Å². The van der Waals surface area contributed by atoms with Crippen LogP contribution in [-0.4, -0.2) is 35.4 Å². The number of likely N-dealkylation sites (N-methyl/N-ethyl adjacent to an activating group) is 1. The molecule has 0 saturated carbocycles. The van der Waals surface area contributed by atoms with E-state index in [1.165, 1.54) is 18.2 Å². The van der Waals surface area contributed by atoms with Crippen molar-refractivity contribution in [3.05, 3.63) is 81.9 Å². The number of aromatic amines is 1. The number of fused-ring (bicyclic) bond motifs is 1. The fourth-order valence-electron chi connectivity index (χ4n) is 3.42. The number of halogens is 1. The van der Waals surface area contributed by atoms with Gasteiger partial charge in [0.2, 0.25) is 0 Å². The van der Waals surface area contributed by atoms with E-state index in [0.29, 0.717) is 17.4 Å². The highest BCUT2D eigenvalue weighted by Gasteiger charge is 2.20. The molecule has 0 spiro atoms. The molecule has 2 aromatic carbocycles. The second-order valence-electron chi connectivity index (χ2n) is 6.60. The van der Waals surface area contributed by atoms with Crippen molar-refractivity contribution >= 4 is 16.8 Å². The Morgan fingerprint density at radius 2 is 1.82 bits per heavy atom. The van der Waals surface area contributed by atoms with Crippen LogP contribution in [0.2, 0.25) is 0 Å². The van der Waals surface area contributed by atoms with Gasteiger partial charge in [-0.05, 0) is 48.3 Å². The Hall–Kier alpha value is -2.99. The molecule has 0 fully saturated rings. The monoisotopic (exact) mass is 381 g/mol. The molecular formula is C22H24FN3O2. The van der Waals surface area contributed by atoms with E-state index in [1.54, 1.807) is 6.07 Å². The van der Waals surface area contributed by atoms with Crippen LogP contribution in [0.1, 0.15) is 35.8 Å². The molecule has 0 radical (unpaired) electrons. The predicted octanol–water partition coefficient (Wildman–Crippen LogP) is 3.48. The van der Waals surface area contributed by atoms with E-state index in [9.17, 15) is 14.0 Å². The van der Waals surface area contributed by atoms with Gasteiger partial charge in [0.15, 0.2) is 0 Å². The van der Waals surface area contributed by atoms with Crippen LogP contribution in [0.25, 0.3) is 10.9 Å². The van der Waals surface area contributed by atoms with Crippen LogP contribution >= 0.6 is 0 Å². The standard InChI is InChI=1S/C22H24FN3O2/c1-3-26(4-2)20(15-8-6-5-7-9-15)14-24-21(27)18-12-16-10-11-17(23)13-19(16)25-22(18)28/h5-13,20H,3-4,14H2,1-2H3,(H,24,27)(H,25,28). The summed E-state index contributed by atoms with van der Waals surface area (Å²) in [7, 11) is 0. The third-order valence-electron chi connectivity index (χ3n) is 4.95. The minimum atomic E-state index is -0.533. The minimum absolute atomic E-state index is 0.00813. The average molecular weight is 381 g/mol. The molecular weight excluding hydrogens is 357 g/mol. The Bertz CT molecular complexity index is 1010. The molecule has 6 heteroatoms. The molecule has 0 aliphatic heterocycles. The first-order valence-electron chi connectivity index (χ1n) is 9.43. The summed E-state index contributed by atoms with van der Waals surface area (Å²) < 4.78 is 13.3. The smallest absolute Gasteiger partial charge is 0.261 e. The lowest BCUT2D eigenvalue weighted by atomic mass is 10.0. The molecule has 1 atom stereocenters. The zero-order valence-electron chi connectivity index (χ0n) is 16.0. The molecule has 146 valence electrons. The Morgan fingerprint density at radius 1 is 1.11 bits per heavy atom. The lowest BCUT2D eigenvalue weighted by molar-refractivity contribution is 0.0933. The molecule has 1 unspecified atom stereocenters. The summed E-state index contributed by atoms with van der Waals surface area (Å²) in [5.74, 6) is -0.883. The number of carbonyl (C=O) groups is 1. The van der Waals surface area contributed by atoms with E-state index in [0.717, 1.165) is 18.7 Å². The van der Waals surface area contributed by atoms with E-state index < -0.39 is 17.3 Å². The zero-order valence-corrected chi connectivity index (χ0v) is 16.0. The second-order valence-corrected chi connectivity index (χ2v) is 6.60. The molecule has 3 rings (SSSR count). The summed E-state index contributed by atoms with van der Waals surface area (Å²) in [4.78, 5) is 29.8. The highest BCUT2D eigenvalue weighted by Crippen LogP contribution is 2.20. The molecule has 0 aliphatic rings. The summed E-state index contributed by atoms with van der Waals surface area (Å²) in [6, 6.07) is 15.6. The van der Waals surface area contributed by atoms with Crippen molar-refractivity contribution in [3.63, 3.8) is 0 Å². The summed E-state index contributed by atoms with van der Waals surface area (Å²) in [5.41, 5.74) is 0.960. The number of aromatic nitrogens is 1. The van der Waals surface area contributed by atoms with Crippen molar-refractivity contribution in [2.75, 3.05) is 19.6 Å². The number of nitrogens with one attached hydrogen (secondary N) is 2. The number of rotatable bonds is 7. The molecule has 0 saturated heterocycles. The van der Waals surface area contributed by atoms with Crippen LogP contribution in [0.15, 0.2) is 59.4 Å². The topological polar surface area (TPSA) is 65.2 Å². The van der Waals surface area contributed by atoms with Gasteiger partial charge >= 0.3 is 0 Å². The van der Waals surface area contributed by atoms with Gasteiger partial charge in [-0.1, -0.05) is 44.2 Å². The Kier molecular flexibility index (Phi) is 6.21. The molecule has 3 aromatic rings. The fraction of sp³-hybridized carbons (Fsp3) is 0.273. The first-order chi connectivity index (χ1) is 13.5. The van der Waals surface area contributed by atoms with Gasteiger partial charge < -0.3 is 10.3 Å². The summed E-state index contributed by atoms with van der Waals surface area (Å²) in [6.45, 7) is 6.22. The van der Waals surface area contributed by atoms with Gasteiger partial charge in [0.05, 0.1) is 11.6 Å². The number of H-pyrrole nitrogens is 1. The van der Waals surface area contributed by atoms with Crippen molar-refractivity contribution in [2.45, 2.75) is 19.9 Å². The fourth-order valence-corrected chi connectivity index (χ4v) is 3.42. The van der Waals surface area contributed by atoms with Crippen LogP contribution in [0.4, 0.5) is 4.39 Å². The van der Waals surface area contributed by atoms with E-state index in [-0.39, 0.29) is 11.6 Å². The normalized spacial score (nSPS) is 12.3. The predicted molar refractivity (Wildman–Crippen MR) is 109 cm³/mol. The molecule has 28 heavy (non-hydrogen) atoms. The number of hydrogen-bond donors (Lipinski definition) is 2. The van der Waals surface area contributed by atoms with E-state index in [4.69, 9.17) is 0 Å². The van der Waals surface area contributed by atoms with E-state index in [1.807, 2.05) is 30.3 Å². The molecule has 1 amide bonds. The van der Waals surface area contributed by atoms with Gasteiger partial charge in [-0.3, -0.25) is 14.5 Å². The Balaban J connectivity index is 1.83. The van der Waals surface area contributed by atoms with Crippen molar-refractivity contribution in [1.82, 2.24) is 15.2 Å². The van der Waals surface area contributed by atoms with Gasteiger partial charge in [0.25, 0.3) is 11.5 Å². The molecule has 0 bridgehead atoms. The average Bonchev–Trinajstić information content (AvgIpc) is 2.71. The highest BCUT2D eigenvalue weighted by atomic mass is 19.1. The lowest BCUT2D eigenvalue weighted by Crippen LogP contribution is -2.39. The first kappa shape index (κ1) is 19.8. The number of amides is 1. The molecule has 1 heterocycles. The van der Waals surface area contributed by atoms with Gasteiger partial charge in [-0.2, -0.15) is 0 Å². The molecule has 5 nitrogen and oxygen atoms in total. The molecule has 0 aliphatic carbocycles. The van der Waals surface area contributed by atoms with Gasteiger partial charge in [-0.15, -0.1) is 0 Å². The maximum absolute atomic E-state index is 13.3. The van der Waals surface area contributed by atoms with Crippen molar-refractivity contribution in [3.8, 4) is 0 Å². The van der Waals surface area contributed by atoms with E-state index in [2.05, 4.69) is 29.0 Å². The lowest BCUT2D eigenvalue weighted by Gasteiger charge is -2.30. The maximum Gasteiger partial charge on any atom is 0.261 e. The van der Waals surface area contributed by atoms with Crippen molar-refractivity contribution in [1.29, 1.82) is 0 Å². The Labute approximate surface area is 163 Å². The third kappa shape index (κ3) is 4.28. The summed E-state index contributed by atoms with van der Waals surface area (Å²) in [5, 5.41) is 3.49. The maximum atomic E-state index is 13.3. The third-order valence-corrected chi connectivity index (χ3v) is 4.95. The van der Waals surface area contributed by atoms with Crippen molar-refractivity contribution in [2.24, 2.45) is 0 Å². The number of nitrogens with zero attached hydrogens (tertiary/aromatic N) is 1. The van der Waals surface area contributed by atoms with Gasteiger partial charge in [-0.25, -0.2) is 4.39 Å². The first-order valence-corrected chi connectivity index (χ1v) is 9.43. The number of pyridine rings is 1. The summed E-state index contributed by atoms with van der Waals surface area (Å²) >= 11 is 0. The zero-order chi connectivity index (χ0) is 20.1. The van der Waals surface area contributed by atoms with Gasteiger partial charge in [0.1, 0.15) is 11.4 Å². The highest BCUT2D eigenvalue weighted by molar-refractivity contribution is 5.97. The van der Waals surface area contributed by atoms with Crippen molar-refractivity contribution < 1.29 is 9.18 Å². The molecule has 2 N–H and O–H groups in total. The number of benzene rings is 2.